The maximum atomic E-state index is 12.4. The highest BCUT2D eigenvalue weighted by Crippen LogP contribution is 2.17. The van der Waals surface area contributed by atoms with Crippen molar-refractivity contribution in [3.8, 4) is 0 Å². The predicted octanol–water partition coefficient (Wildman–Crippen LogP) is 0.952. The van der Waals surface area contributed by atoms with Crippen molar-refractivity contribution in [2.75, 3.05) is 46.4 Å². The van der Waals surface area contributed by atoms with E-state index in [-0.39, 0.29) is 48.4 Å². The van der Waals surface area contributed by atoms with Crippen molar-refractivity contribution in [1.82, 2.24) is 20.4 Å². The summed E-state index contributed by atoms with van der Waals surface area (Å²) in [6, 6.07) is 0.322. The zero-order valence-corrected chi connectivity index (χ0v) is 19.2. The van der Waals surface area contributed by atoms with Gasteiger partial charge in [0.25, 0.3) is 5.91 Å². The molecular weight excluding hydrogens is 473 g/mol. The van der Waals surface area contributed by atoms with Crippen LogP contribution in [0.15, 0.2) is 4.99 Å². The molecule has 0 spiro atoms. The lowest BCUT2D eigenvalue weighted by Crippen LogP contribution is -2.56. The Morgan fingerprint density at radius 2 is 1.68 bits per heavy atom. The van der Waals surface area contributed by atoms with E-state index in [1.54, 1.807) is 7.05 Å². The molecular formula is C19H34IN5O3. The molecule has 0 radical (unpaired) electrons. The molecule has 2 saturated heterocycles. The lowest BCUT2D eigenvalue weighted by molar-refractivity contribution is -0.142. The number of piperazine rings is 1. The molecule has 2 amide bonds. The second-order valence-corrected chi connectivity index (χ2v) is 7.62. The van der Waals surface area contributed by atoms with E-state index in [0.717, 1.165) is 31.6 Å². The number of ether oxygens (including phenoxy) is 1. The van der Waals surface area contributed by atoms with E-state index in [2.05, 4.69) is 20.5 Å². The van der Waals surface area contributed by atoms with E-state index in [9.17, 15) is 9.59 Å². The van der Waals surface area contributed by atoms with Crippen LogP contribution in [-0.4, -0.2) is 86.1 Å². The van der Waals surface area contributed by atoms with E-state index in [4.69, 9.17) is 4.74 Å². The summed E-state index contributed by atoms with van der Waals surface area (Å²) >= 11 is 0. The highest BCUT2D eigenvalue weighted by atomic mass is 127. The second-order valence-electron chi connectivity index (χ2n) is 7.62. The van der Waals surface area contributed by atoms with Crippen LogP contribution in [0.25, 0.3) is 0 Å². The van der Waals surface area contributed by atoms with Gasteiger partial charge in [-0.1, -0.05) is 19.3 Å². The van der Waals surface area contributed by atoms with Crippen molar-refractivity contribution in [2.24, 2.45) is 4.99 Å². The van der Waals surface area contributed by atoms with Crippen LogP contribution in [0, 0.1) is 0 Å². The molecule has 1 aliphatic carbocycles. The topological polar surface area (TPSA) is 86.3 Å². The van der Waals surface area contributed by atoms with E-state index in [1.165, 1.54) is 19.3 Å². The summed E-state index contributed by atoms with van der Waals surface area (Å²) in [7, 11) is 1.73. The average Bonchev–Trinajstić information content (AvgIpc) is 3.24. The first-order chi connectivity index (χ1) is 13.2. The molecule has 1 atom stereocenters. The SMILES string of the molecule is CN=C(NCC(=O)NC1CCCCC1)N1CCN(C(=O)C2CCCO2)CC1.I. The molecule has 1 saturated carbocycles. The third-order valence-corrected chi connectivity index (χ3v) is 5.69. The monoisotopic (exact) mass is 507 g/mol. The van der Waals surface area contributed by atoms with Crippen LogP contribution in [0.2, 0.25) is 0 Å². The molecule has 2 aliphatic heterocycles. The van der Waals surface area contributed by atoms with Gasteiger partial charge in [-0.05, 0) is 25.7 Å². The van der Waals surface area contributed by atoms with Crippen molar-refractivity contribution >= 4 is 41.8 Å². The third kappa shape index (κ3) is 6.47. The Bertz CT molecular complexity index is 540. The second kappa shape index (κ2) is 11.8. The van der Waals surface area contributed by atoms with Gasteiger partial charge in [-0.25, -0.2) is 0 Å². The number of rotatable bonds is 4. The Balaban J connectivity index is 0.00000280. The Kier molecular flexibility index (Phi) is 9.76. The number of hydrogen-bond acceptors (Lipinski definition) is 4. The van der Waals surface area contributed by atoms with E-state index in [0.29, 0.717) is 38.8 Å². The van der Waals surface area contributed by atoms with Gasteiger partial charge < -0.3 is 25.2 Å². The molecule has 9 heteroatoms. The molecule has 0 bridgehead atoms. The normalized spacial score (nSPS) is 23.9. The number of hydrogen-bond donors (Lipinski definition) is 2. The Morgan fingerprint density at radius 3 is 2.29 bits per heavy atom. The van der Waals surface area contributed by atoms with Gasteiger partial charge in [-0.15, -0.1) is 24.0 Å². The number of carbonyl (C=O) groups excluding carboxylic acids is 2. The lowest BCUT2D eigenvalue weighted by atomic mass is 9.95. The zero-order chi connectivity index (χ0) is 19.1. The molecule has 3 fully saturated rings. The average molecular weight is 507 g/mol. The number of nitrogens with one attached hydrogen (secondary N) is 2. The van der Waals surface area contributed by atoms with Crippen LogP contribution in [0.4, 0.5) is 0 Å². The molecule has 28 heavy (non-hydrogen) atoms. The van der Waals surface area contributed by atoms with Crippen molar-refractivity contribution in [1.29, 1.82) is 0 Å². The van der Waals surface area contributed by atoms with Gasteiger partial charge in [0.15, 0.2) is 5.96 Å². The number of halogens is 1. The van der Waals surface area contributed by atoms with Crippen molar-refractivity contribution < 1.29 is 14.3 Å². The minimum Gasteiger partial charge on any atom is -0.368 e. The van der Waals surface area contributed by atoms with E-state index >= 15 is 0 Å². The van der Waals surface area contributed by atoms with Gasteiger partial charge in [-0.2, -0.15) is 0 Å². The van der Waals surface area contributed by atoms with Gasteiger partial charge in [0.05, 0.1) is 6.54 Å². The molecule has 0 aromatic rings. The summed E-state index contributed by atoms with van der Waals surface area (Å²) in [5.74, 6) is 0.857. The zero-order valence-electron chi connectivity index (χ0n) is 16.8. The van der Waals surface area contributed by atoms with Gasteiger partial charge in [-0.3, -0.25) is 14.6 Å². The minimum absolute atomic E-state index is 0. The number of nitrogens with zero attached hydrogens (tertiary/aromatic N) is 3. The lowest BCUT2D eigenvalue weighted by Gasteiger charge is -2.37. The molecule has 1 unspecified atom stereocenters. The van der Waals surface area contributed by atoms with Crippen molar-refractivity contribution in [3.63, 3.8) is 0 Å². The minimum atomic E-state index is -0.252. The summed E-state index contributed by atoms with van der Waals surface area (Å²) in [5.41, 5.74) is 0. The van der Waals surface area contributed by atoms with Crippen molar-refractivity contribution in [3.05, 3.63) is 0 Å². The third-order valence-electron chi connectivity index (χ3n) is 5.69. The number of amides is 2. The van der Waals surface area contributed by atoms with Gasteiger partial charge in [0, 0.05) is 45.9 Å². The van der Waals surface area contributed by atoms with Gasteiger partial charge >= 0.3 is 0 Å². The van der Waals surface area contributed by atoms with Gasteiger partial charge in [0.2, 0.25) is 5.91 Å². The fraction of sp³-hybridized carbons (Fsp3) is 0.842. The van der Waals surface area contributed by atoms with Crippen molar-refractivity contribution in [2.45, 2.75) is 57.1 Å². The van der Waals surface area contributed by atoms with Crippen LogP contribution in [0.5, 0.6) is 0 Å². The molecule has 160 valence electrons. The molecule has 3 rings (SSSR count). The Hall–Kier alpha value is -1.10. The fourth-order valence-corrected chi connectivity index (χ4v) is 4.13. The van der Waals surface area contributed by atoms with Crippen LogP contribution < -0.4 is 10.6 Å². The molecule has 2 N–H and O–H groups in total. The van der Waals surface area contributed by atoms with Crippen LogP contribution in [0.1, 0.15) is 44.9 Å². The summed E-state index contributed by atoms with van der Waals surface area (Å²) in [6.07, 6.45) is 7.40. The molecule has 0 aromatic carbocycles. The molecule has 8 nitrogen and oxygen atoms in total. The summed E-state index contributed by atoms with van der Waals surface area (Å²) < 4.78 is 5.51. The first-order valence-corrected chi connectivity index (χ1v) is 10.3. The summed E-state index contributed by atoms with van der Waals surface area (Å²) in [4.78, 5) is 32.9. The van der Waals surface area contributed by atoms with E-state index in [1.807, 2.05) is 4.90 Å². The first-order valence-electron chi connectivity index (χ1n) is 10.3. The maximum absolute atomic E-state index is 12.4. The quantitative estimate of drug-likeness (QED) is 0.336. The van der Waals surface area contributed by atoms with Crippen LogP contribution >= 0.6 is 24.0 Å². The summed E-state index contributed by atoms with van der Waals surface area (Å²) in [5, 5.41) is 6.28. The summed E-state index contributed by atoms with van der Waals surface area (Å²) in [6.45, 7) is 3.67. The van der Waals surface area contributed by atoms with E-state index < -0.39 is 0 Å². The maximum Gasteiger partial charge on any atom is 0.251 e. The molecule has 0 aromatic heterocycles. The Morgan fingerprint density at radius 1 is 1.00 bits per heavy atom. The number of carbonyl (C=O) groups is 2. The fourth-order valence-electron chi connectivity index (χ4n) is 4.13. The predicted molar refractivity (Wildman–Crippen MR) is 119 cm³/mol. The number of aliphatic imine (C=N–C) groups is 1. The largest absolute Gasteiger partial charge is 0.368 e. The molecule has 2 heterocycles. The highest BCUT2D eigenvalue weighted by Gasteiger charge is 2.31. The van der Waals surface area contributed by atoms with Crippen LogP contribution in [-0.2, 0) is 14.3 Å². The smallest absolute Gasteiger partial charge is 0.251 e. The van der Waals surface area contributed by atoms with Gasteiger partial charge in [0.1, 0.15) is 6.10 Å². The standard InChI is InChI=1S/C19H33N5O3.HI/c1-20-19(21-14-17(25)22-15-6-3-2-4-7-15)24-11-9-23(10-12-24)18(26)16-8-5-13-27-16;/h15-16H,2-14H2,1H3,(H,20,21)(H,22,25);1H. The van der Waals surface area contributed by atoms with Crippen LogP contribution in [0.3, 0.4) is 0 Å². The first kappa shape index (κ1) is 23.2. The highest BCUT2D eigenvalue weighted by molar-refractivity contribution is 14.0. The number of guanidine groups is 1. The molecule has 3 aliphatic rings. The Labute approximate surface area is 184 Å².